The van der Waals surface area contributed by atoms with Crippen molar-refractivity contribution in [1.29, 1.82) is 0 Å². The van der Waals surface area contributed by atoms with Crippen molar-refractivity contribution in [2.24, 2.45) is 7.05 Å². The van der Waals surface area contributed by atoms with E-state index in [1.54, 1.807) is 11.3 Å². The van der Waals surface area contributed by atoms with Crippen molar-refractivity contribution in [3.8, 4) is 11.3 Å². The quantitative estimate of drug-likeness (QED) is 0.885. The van der Waals surface area contributed by atoms with Crippen LogP contribution in [0.25, 0.3) is 11.3 Å². The summed E-state index contributed by atoms with van der Waals surface area (Å²) in [5.41, 5.74) is 4.85. The Morgan fingerprint density at radius 2 is 2.19 bits per heavy atom. The molecule has 0 aliphatic carbocycles. The summed E-state index contributed by atoms with van der Waals surface area (Å²) >= 11 is 1.66. The topological polar surface area (TPSA) is 29.9 Å². The molecule has 0 aromatic carbocycles. The van der Waals surface area contributed by atoms with Gasteiger partial charge in [0.25, 0.3) is 0 Å². The Morgan fingerprint density at radius 1 is 1.44 bits per heavy atom. The van der Waals surface area contributed by atoms with Gasteiger partial charge in [-0.1, -0.05) is 0 Å². The largest absolute Gasteiger partial charge is 0.362 e. The summed E-state index contributed by atoms with van der Waals surface area (Å²) < 4.78 is 2.20. The standard InChI is InChI=1S/C12H17N3S/c1-5-13-12-14-11(7-16-12)10-6-8(2)15(4)9(10)3/h6-7H,5H2,1-4H3,(H,13,14). The first kappa shape index (κ1) is 11.2. The molecule has 16 heavy (non-hydrogen) atoms. The zero-order chi connectivity index (χ0) is 11.7. The zero-order valence-electron chi connectivity index (χ0n) is 10.2. The SMILES string of the molecule is CCNc1nc(-c2cc(C)n(C)c2C)cs1. The minimum Gasteiger partial charge on any atom is -0.362 e. The lowest BCUT2D eigenvalue weighted by Gasteiger charge is -2.00. The molecule has 2 aromatic rings. The fourth-order valence-electron chi connectivity index (χ4n) is 1.74. The Bertz CT molecular complexity index is 496. The number of nitrogens with one attached hydrogen (secondary N) is 1. The zero-order valence-corrected chi connectivity index (χ0v) is 11.0. The highest BCUT2D eigenvalue weighted by molar-refractivity contribution is 7.14. The Labute approximate surface area is 100 Å². The van der Waals surface area contributed by atoms with Crippen LogP contribution in [0.4, 0.5) is 5.13 Å². The molecule has 0 unspecified atom stereocenters. The third-order valence-corrected chi connectivity index (χ3v) is 3.68. The van der Waals surface area contributed by atoms with E-state index in [2.05, 4.69) is 54.1 Å². The number of nitrogens with zero attached hydrogens (tertiary/aromatic N) is 2. The first-order valence-corrected chi connectivity index (χ1v) is 6.34. The van der Waals surface area contributed by atoms with Crippen molar-refractivity contribution >= 4 is 16.5 Å². The predicted octanol–water partition coefficient (Wildman–Crippen LogP) is 3.20. The minimum atomic E-state index is 0.916. The van der Waals surface area contributed by atoms with Gasteiger partial charge in [0.2, 0.25) is 0 Å². The second-order valence-electron chi connectivity index (χ2n) is 3.91. The van der Waals surface area contributed by atoms with Crippen LogP contribution in [0.5, 0.6) is 0 Å². The Morgan fingerprint density at radius 3 is 2.75 bits per heavy atom. The second kappa shape index (κ2) is 4.29. The maximum Gasteiger partial charge on any atom is 0.183 e. The summed E-state index contributed by atoms with van der Waals surface area (Å²) in [6.07, 6.45) is 0. The van der Waals surface area contributed by atoms with Gasteiger partial charge < -0.3 is 9.88 Å². The maximum absolute atomic E-state index is 4.58. The number of aromatic nitrogens is 2. The van der Waals surface area contributed by atoms with Crippen LogP contribution < -0.4 is 5.32 Å². The molecule has 2 aromatic heterocycles. The summed E-state index contributed by atoms with van der Waals surface area (Å²) in [7, 11) is 2.09. The highest BCUT2D eigenvalue weighted by Crippen LogP contribution is 2.29. The van der Waals surface area contributed by atoms with Gasteiger partial charge >= 0.3 is 0 Å². The van der Waals surface area contributed by atoms with Crippen molar-refractivity contribution in [2.45, 2.75) is 20.8 Å². The van der Waals surface area contributed by atoms with Crippen LogP contribution in [0, 0.1) is 13.8 Å². The van der Waals surface area contributed by atoms with Gasteiger partial charge in [0.1, 0.15) is 0 Å². The van der Waals surface area contributed by atoms with Gasteiger partial charge in [-0.15, -0.1) is 11.3 Å². The Hall–Kier alpha value is -1.29. The van der Waals surface area contributed by atoms with E-state index < -0.39 is 0 Å². The van der Waals surface area contributed by atoms with Crippen molar-refractivity contribution in [1.82, 2.24) is 9.55 Å². The number of anilines is 1. The van der Waals surface area contributed by atoms with Gasteiger partial charge in [-0.3, -0.25) is 0 Å². The van der Waals surface area contributed by atoms with Crippen LogP contribution >= 0.6 is 11.3 Å². The lowest BCUT2D eigenvalue weighted by Crippen LogP contribution is -1.95. The van der Waals surface area contributed by atoms with E-state index in [1.165, 1.54) is 17.0 Å². The van der Waals surface area contributed by atoms with E-state index >= 15 is 0 Å². The number of hydrogen-bond donors (Lipinski definition) is 1. The molecule has 2 rings (SSSR count). The maximum atomic E-state index is 4.58. The third-order valence-electron chi connectivity index (χ3n) is 2.88. The van der Waals surface area contributed by atoms with Crippen LogP contribution in [-0.4, -0.2) is 16.1 Å². The van der Waals surface area contributed by atoms with Gasteiger partial charge in [-0.2, -0.15) is 0 Å². The normalized spacial score (nSPS) is 10.8. The first-order chi connectivity index (χ1) is 7.63. The van der Waals surface area contributed by atoms with Crippen LogP contribution in [0.1, 0.15) is 18.3 Å². The molecule has 0 radical (unpaired) electrons. The average Bonchev–Trinajstić information content (AvgIpc) is 2.80. The molecule has 0 amide bonds. The van der Waals surface area contributed by atoms with Crippen LogP contribution in [0.2, 0.25) is 0 Å². The van der Waals surface area contributed by atoms with Crippen molar-refractivity contribution < 1.29 is 0 Å². The molecule has 4 heteroatoms. The molecule has 0 aliphatic rings. The molecule has 86 valence electrons. The van der Waals surface area contributed by atoms with Crippen LogP contribution in [-0.2, 0) is 7.05 Å². The molecule has 0 saturated heterocycles. The molecule has 0 bridgehead atoms. The van der Waals surface area contributed by atoms with E-state index in [1.807, 2.05) is 0 Å². The van der Waals surface area contributed by atoms with Crippen molar-refractivity contribution in [3.63, 3.8) is 0 Å². The lowest BCUT2D eigenvalue weighted by molar-refractivity contribution is 0.845. The monoisotopic (exact) mass is 235 g/mol. The fourth-order valence-corrected chi connectivity index (χ4v) is 2.53. The fraction of sp³-hybridized carbons (Fsp3) is 0.417. The lowest BCUT2D eigenvalue weighted by atomic mass is 10.2. The molecule has 0 aliphatic heterocycles. The first-order valence-electron chi connectivity index (χ1n) is 5.46. The minimum absolute atomic E-state index is 0.916. The molecular formula is C12H17N3S. The van der Waals surface area contributed by atoms with E-state index in [4.69, 9.17) is 0 Å². The van der Waals surface area contributed by atoms with Crippen LogP contribution in [0.3, 0.4) is 0 Å². The molecule has 0 fully saturated rings. The van der Waals surface area contributed by atoms with Crippen molar-refractivity contribution in [2.75, 3.05) is 11.9 Å². The molecule has 0 saturated carbocycles. The van der Waals surface area contributed by atoms with E-state index in [-0.39, 0.29) is 0 Å². The molecule has 0 atom stereocenters. The number of thiazole rings is 1. The third kappa shape index (κ3) is 1.85. The van der Waals surface area contributed by atoms with Gasteiger partial charge in [-0.05, 0) is 26.8 Å². The van der Waals surface area contributed by atoms with E-state index in [0.717, 1.165) is 17.4 Å². The average molecular weight is 235 g/mol. The predicted molar refractivity (Wildman–Crippen MR) is 70.2 cm³/mol. The van der Waals surface area contributed by atoms with Gasteiger partial charge in [-0.25, -0.2) is 4.98 Å². The summed E-state index contributed by atoms with van der Waals surface area (Å²) in [6.45, 7) is 7.25. The number of rotatable bonds is 3. The van der Waals surface area contributed by atoms with Gasteiger partial charge in [0.15, 0.2) is 5.13 Å². The van der Waals surface area contributed by atoms with Gasteiger partial charge in [0, 0.05) is 35.9 Å². The molecular weight excluding hydrogens is 218 g/mol. The highest BCUT2D eigenvalue weighted by Gasteiger charge is 2.11. The number of hydrogen-bond acceptors (Lipinski definition) is 3. The summed E-state index contributed by atoms with van der Waals surface area (Å²) in [4.78, 5) is 4.58. The summed E-state index contributed by atoms with van der Waals surface area (Å²) in [6, 6.07) is 2.19. The molecule has 3 nitrogen and oxygen atoms in total. The van der Waals surface area contributed by atoms with Gasteiger partial charge in [0.05, 0.1) is 5.69 Å². The second-order valence-corrected chi connectivity index (χ2v) is 4.77. The van der Waals surface area contributed by atoms with Crippen molar-refractivity contribution in [3.05, 3.63) is 22.8 Å². The smallest absolute Gasteiger partial charge is 0.183 e. The summed E-state index contributed by atoms with van der Waals surface area (Å²) in [5, 5.41) is 6.35. The Balaban J connectivity index is 2.38. The Kier molecular flexibility index (Phi) is 3.01. The van der Waals surface area contributed by atoms with Crippen LogP contribution in [0.15, 0.2) is 11.4 Å². The molecule has 2 heterocycles. The summed E-state index contributed by atoms with van der Waals surface area (Å²) in [5.74, 6) is 0. The van der Waals surface area contributed by atoms with E-state index in [0.29, 0.717) is 0 Å². The highest BCUT2D eigenvalue weighted by atomic mass is 32.1. The number of aryl methyl sites for hydroxylation is 1. The molecule has 1 N–H and O–H groups in total. The van der Waals surface area contributed by atoms with E-state index in [9.17, 15) is 0 Å². The molecule has 0 spiro atoms.